The molecule has 16 heavy (non-hydrogen) atoms. The third-order valence-corrected chi connectivity index (χ3v) is 3.09. The number of nitrogens with zero attached hydrogens (tertiary/aromatic N) is 2. The van der Waals surface area contributed by atoms with E-state index in [2.05, 4.69) is 6.92 Å². The molecule has 1 unspecified atom stereocenters. The Morgan fingerprint density at radius 3 is 2.94 bits per heavy atom. The quantitative estimate of drug-likeness (QED) is 0.698. The van der Waals surface area contributed by atoms with Crippen LogP contribution in [0.25, 0.3) is 0 Å². The molecule has 0 N–H and O–H groups in total. The van der Waals surface area contributed by atoms with Crippen LogP contribution in [-0.4, -0.2) is 62.7 Å². The molecule has 1 fully saturated rings. The minimum absolute atomic E-state index is 0.255. The van der Waals surface area contributed by atoms with Gasteiger partial charge in [0, 0.05) is 26.7 Å². The minimum Gasteiger partial charge on any atom is -0.383 e. The maximum Gasteiger partial charge on any atom is 0.236 e. The van der Waals surface area contributed by atoms with E-state index in [1.165, 1.54) is 6.42 Å². The zero-order chi connectivity index (χ0) is 12.0. The molecule has 0 aliphatic carbocycles. The Morgan fingerprint density at radius 2 is 2.31 bits per heavy atom. The number of ether oxygens (including phenoxy) is 1. The molecule has 0 aromatic heterocycles. The van der Waals surface area contributed by atoms with Gasteiger partial charge in [-0.05, 0) is 25.8 Å². The lowest BCUT2D eigenvalue weighted by Crippen LogP contribution is -2.44. The molecule has 94 valence electrons. The Hall–Kier alpha value is -0.610. The second kappa shape index (κ2) is 6.86. The van der Waals surface area contributed by atoms with Crippen molar-refractivity contribution in [2.75, 3.05) is 46.9 Å². The normalized spacial score (nSPS) is 21.5. The standard InChI is InChI=1S/C12H24N2O2/c1-11-5-4-6-14(9-11)12(15)10-13(2)7-8-16-3/h11H,4-10H2,1-3H3. The SMILES string of the molecule is COCCN(C)CC(=O)N1CCCC(C)C1. The molecule has 4 nitrogen and oxygen atoms in total. The molecule has 1 rings (SSSR count). The number of hydrogen-bond acceptors (Lipinski definition) is 3. The van der Waals surface area contributed by atoms with Crippen LogP contribution in [0.2, 0.25) is 0 Å². The Balaban J connectivity index is 2.27. The van der Waals surface area contributed by atoms with Gasteiger partial charge in [0.25, 0.3) is 0 Å². The monoisotopic (exact) mass is 228 g/mol. The maximum atomic E-state index is 12.0. The highest BCUT2D eigenvalue weighted by Gasteiger charge is 2.21. The van der Waals surface area contributed by atoms with Gasteiger partial charge in [-0.25, -0.2) is 0 Å². The number of hydrogen-bond donors (Lipinski definition) is 0. The van der Waals surface area contributed by atoms with E-state index in [0.717, 1.165) is 26.1 Å². The second-order valence-electron chi connectivity index (χ2n) is 4.82. The van der Waals surface area contributed by atoms with Crippen molar-refractivity contribution in [2.24, 2.45) is 5.92 Å². The van der Waals surface area contributed by atoms with Crippen LogP contribution in [0.5, 0.6) is 0 Å². The fraction of sp³-hybridized carbons (Fsp3) is 0.917. The van der Waals surface area contributed by atoms with Crippen LogP contribution in [0.1, 0.15) is 19.8 Å². The summed E-state index contributed by atoms with van der Waals surface area (Å²) in [5.41, 5.74) is 0. The van der Waals surface area contributed by atoms with Gasteiger partial charge in [0.15, 0.2) is 0 Å². The van der Waals surface area contributed by atoms with Crippen molar-refractivity contribution >= 4 is 5.91 Å². The average Bonchev–Trinajstić information content (AvgIpc) is 2.26. The largest absolute Gasteiger partial charge is 0.383 e. The Morgan fingerprint density at radius 1 is 1.56 bits per heavy atom. The van der Waals surface area contributed by atoms with Gasteiger partial charge in [0.1, 0.15) is 0 Å². The molecule has 0 aromatic carbocycles. The maximum absolute atomic E-state index is 12.0. The fourth-order valence-electron chi connectivity index (χ4n) is 2.07. The zero-order valence-electron chi connectivity index (χ0n) is 10.7. The van der Waals surface area contributed by atoms with Crippen LogP contribution in [0.4, 0.5) is 0 Å². The molecule has 1 atom stereocenters. The highest BCUT2D eigenvalue weighted by atomic mass is 16.5. The van der Waals surface area contributed by atoms with Crippen molar-refractivity contribution in [3.8, 4) is 0 Å². The number of amides is 1. The van der Waals surface area contributed by atoms with Crippen LogP contribution in [0.15, 0.2) is 0 Å². The minimum atomic E-state index is 0.255. The van der Waals surface area contributed by atoms with E-state index in [0.29, 0.717) is 19.1 Å². The van der Waals surface area contributed by atoms with Gasteiger partial charge in [0.2, 0.25) is 5.91 Å². The first-order valence-corrected chi connectivity index (χ1v) is 6.08. The number of methoxy groups -OCH3 is 1. The van der Waals surface area contributed by atoms with Crippen molar-refractivity contribution in [1.29, 1.82) is 0 Å². The molecular formula is C12H24N2O2. The second-order valence-corrected chi connectivity index (χ2v) is 4.82. The van der Waals surface area contributed by atoms with Gasteiger partial charge in [-0.3, -0.25) is 9.69 Å². The molecule has 1 saturated heterocycles. The van der Waals surface area contributed by atoms with Gasteiger partial charge in [-0.1, -0.05) is 6.92 Å². The highest BCUT2D eigenvalue weighted by Crippen LogP contribution is 2.15. The Labute approximate surface area is 98.5 Å². The summed E-state index contributed by atoms with van der Waals surface area (Å²) in [5.74, 6) is 0.909. The van der Waals surface area contributed by atoms with Gasteiger partial charge in [0.05, 0.1) is 13.2 Å². The molecule has 0 radical (unpaired) electrons. The molecule has 0 saturated carbocycles. The molecule has 0 aromatic rings. The number of piperidine rings is 1. The van der Waals surface area contributed by atoms with Crippen LogP contribution in [0, 0.1) is 5.92 Å². The van der Waals surface area contributed by atoms with Gasteiger partial charge < -0.3 is 9.64 Å². The first-order chi connectivity index (χ1) is 7.63. The van der Waals surface area contributed by atoms with Gasteiger partial charge >= 0.3 is 0 Å². The first kappa shape index (κ1) is 13.5. The van der Waals surface area contributed by atoms with E-state index < -0.39 is 0 Å². The molecule has 1 heterocycles. The van der Waals surface area contributed by atoms with E-state index in [-0.39, 0.29) is 5.91 Å². The molecule has 0 bridgehead atoms. The zero-order valence-corrected chi connectivity index (χ0v) is 10.7. The van der Waals surface area contributed by atoms with Crippen molar-refractivity contribution in [3.63, 3.8) is 0 Å². The number of likely N-dealkylation sites (tertiary alicyclic amines) is 1. The molecule has 4 heteroatoms. The Bertz CT molecular complexity index is 221. The smallest absolute Gasteiger partial charge is 0.236 e. The molecule has 1 aliphatic heterocycles. The van der Waals surface area contributed by atoms with E-state index in [9.17, 15) is 4.79 Å². The summed E-state index contributed by atoms with van der Waals surface area (Å²) in [5, 5.41) is 0. The highest BCUT2D eigenvalue weighted by molar-refractivity contribution is 5.78. The van der Waals surface area contributed by atoms with E-state index >= 15 is 0 Å². The third-order valence-electron chi connectivity index (χ3n) is 3.09. The van der Waals surface area contributed by atoms with Gasteiger partial charge in [-0.2, -0.15) is 0 Å². The topological polar surface area (TPSA) is 32.8 Å². The van der Waals surface area contributed by atoms with E-state index in [1.807, 2.05) is 16.8 Å². The van der Waals surface area contributed by atoms with E-state index in [4.69, 9.17) is 4.74 Å². The predicted molar refractivity (Wildman–Crippen MR) is 64.4 cm³/mol. The average molecular weight is 228 g/mol. The summed E-state index contributed by atoms with van der Waals surface area (Å²) >= 11 is 0. The first-order valence-electron chi connectivity index (χ1n) is 6.08. The summed E-state index contributed by atoms with van der Waals surface area (Å²) in [7, 11) is 3.65. The molecule has 0 spiro atoms. The molecule has 1 amide bonds. The van der Waals surface area contributed by atoms with Crippen LogP contribution in [0.3, 0.4) is 0 Å². The fourth-order valence-corrected chi connectivity index (χ4v) is 2.07. The van der Waals surface area contributed by atoms with Crippen molar-refractivity contribution in [2.45, 2.75) is 19.8 Å². The number of rotatable bonds is 5. The lowest BCUT2D eigenvalue weighted by molar-refractivity contribution is -0.133. The summed E-state index contributed by atoms with van der Waals surface area (Å²) in [6.45, 7) is 6.08. The van der Waals surface area contributed by atoms with Crippen molar-refractivity contribution in [3.05, 3.63) is 0 Å². The lowest BCUT2D eigenvalue weighted by atomic mass is 10.0. The predicted octanol–water partition coefficient (Wildman–Crippen LogP) is 0.823. The summed E-state index contributed by atoms with van der Waals surface area (Å²) in [6.07, 6.45) is 2.40. The van der Waals surface area contributed by atoms with Crippen LogP contribution >= 0.6 is 0 Å². The van der Waals surface area contributed by atoms with E-state index in [1.54, 1.807) is 7.11 Å². The number of carbonyl (C=O) groups is 1. The lowest BCUT2D eigenvalue weighted by Gasteiger charge is -2.32. The summed E-state index contributed by atoms with van der Waals surface area (Å²) in [6, 6.07) is 0. The van der Waals surface area contributed by atoms with Crippen molar-refractivity contribution in [1.82, 2.24) is 9.80 Å². The van der Waals surface area contributed by atoms with Crippen LogP contribution < -0.4 is 0 Å². The summed E-state index contributed by atoms with van der Waals surface area (Å²) in [4.78, 5) is 16.0. The Kier molecular flexibility index (Phi) is 5.77. The van der Waals surface area contributed by atoms with Crippen molar-refractivity contribution < 1.29 is 9.53 Å². The van der Waals surface area contributed by atoms with Crippen LogP contribution in [-0.2, 0) is 9.53 Å². The van der Waals surface area contributed by atoms with Gasteiger partial charge in [-0.15, -0.1) is 0 Å². The number of likely N-dealkylation sites (N-methyl/N-ethyl adjacent to an activating group) is 1. The molecular weight excluding hydrogens is 204 g/mol. The third kappa shape index (κ3) is 4.49. The summed E-state index contributed by atoms with van der Waals surface area (Å²) < 4.78 is 4.99. The number of carbonyl (C=O) groups excluding carboxylic acids is 1. The molecule has 1 aliphatic rings.